The molecule has 2 aromatic heterocycles. The highest BCUT2D eigenvalue weighted by molar-refractivity contribution is 7.87. The van der Waals surface area contributed by atoms with Gasteiger partial charge in [-0.05, 0) is 18.6 Å². The molecule has 0 unspecified atom stereocenters. The Bertz CT molecular complexity index is 1270. The van der Waals surface area contributed by atoms with Crippen LogP contribution in [0.15, 0.2) is 36.7 Å². The van der Waals surface area contributed by atoms with Crippen molar-refractivity contribution in [3.05, 3.63) is 59.0 Å². The number of halogens is 3. The van der Waals surface area contributed by atoms with E-state index in [0.29, 0.717) is 17.0 Å². The number of rotatable bonds is 4. The Kier molecular flexibility index (Phi) is 5.83. The smallest absolute Gasteiger partial charge is 0.280 e. The zero-order valence-corrected chi connectivity index (χ0v) is 18.5. The van der Waals surface area contributed by atoms with Gasteiger partial charge in [-0.2, -0.15) is 22.5 Å². The predicted molar refractivity (Wildman–Crippen MR) is 112 cm³/mol. The molecule has 0 bridgehead atoms. The highest BCUT2D eigenvalue weighted by atomic mass is 32.2. The van der Waals surface area contributed by atoms with E-state index in [1.54, 1.807) is 24.0 Å². The summed E-state index contributed by atoms with van der Waals surface area (Å²) in [6, 6.07) is 3.01. The van der Waals surface area contributed by atoms with Gasteiger partial charge < -0.3 is 5.32 Å². The summed E-state index contributed by atoms with van der Waals surface area (Å²) in [6.07, 6.45) is 3.58. The summed E-state index contributed by atoms with van der Waals surface area (Å²) in [7, 11) is -1.01. The third-order valence-corrected chi connectivity index (χ3v) is 7.92. The third kappa shape index (κ3) is 4.28. The van der Waals surface area contributed by atoms with E-state index in [0.717, 1.165) is 14.7 Å². The molecule has 0 saturated carbocycles. The van der Waals surface area contributed by atoms with E-state index in [-0.39, 0.29) is 12.1 Å². The van der Waals surface area contributed by atoms with Crippen LogP contribution in [0.5, 0.6) is 0 Å². The van der Waals surface area contributed by atoms with Crippen molar-refractivity contribution in [2.45, 2.75) is 18.5 Å². The van der Waals surface area contributed by atoms with Gasteiger partial charge in [0.25, 0.3) is 10.2 Å². The van der Waals surface area contributed by atoms with Crippen molar-refractivity contribution in [1.82, 2.24) is 18.8 Å². The molecule has 1 aliphatic rings. The fourth-order valence-corrected chi connectivity index (χ4v) is 5.78. The second-order valence-corrected chi connectivity index (χ2v) is 10.2. The average Bonchev–Trinajstić information content (AvgIpc) is 3.37. The van der Waals surface area contributed by atoms with Crippen LogP contribution < -0.4 is 10.0 Å². The van der Waals surface area contributed by atoms with E-state index >= 15 is 0 Å². The minimum atomic E-state index is -4.01. The monoisotopic (exact) mass is 485 g/mol. The van der Waals surface area contributed by atoms with Crippen LogP contribution in [0.1, 0.15) is 17.3 Å². The first-order valence-electron chi connectivity index (χ1n) is 9.34. The molecule has 0 radical (unpaired) electrons. The summed E-state index contributed by atoms with van der Waals surface area (Å²) in [6.45, 7) is 0. The number of aromatic nitrogens is 2. The van der Waals surface area contributed by atoms with Gasteiger partial charge in [-0.15, -0.1) is 11.3 Å². The molecule has 0 spiro atoms. The van der Waals surface area contributed by atoms with Crippen LogP contribution in [0, 0.1) is 17.5 Å². The highest BCUT2D eigenvalue weighted by Crippen LogP contribution is 2.36. The van der Waals surface area contributed by atoms with Crippen molar-refractivity contribution >= 4 is 33.1 Å². The van der Waals surface area contributed by atoms with Crippen molar-refractivity contribution in [3.8, 4) is 10.4 Å². The average molecular weight is 486 g/mol. The van der Waals surface area contributed by atoms with E-state index in [4.69, 9.17) is 0 Å². The number of likely N-dealkylation sites (N-methyl/N-ethyl adjacent to an activating group) is 1. The molecule has 3 heterocycles. The third-order valence-electron chi connectivity index (χ3n) is 5.08. The summed E-state index contributed by atoms with van der Waals surface area (Å²) >= 11 is 1.36. The van der Waals surface area contributed by atoms with E-state index in [1.165, 1.54) is 18.4 Å². The van der Waals surface area contributed by atoms with E-state index < -0.39 is 45.7 Å². The summed E-state index contributed by atoms with van der Waals surface area (Å²) in [4.78, 5) is 14.4. The fourth-order valence-electron chi connectivity index (χ4n) is 3.39. The van der Waals surface area contributed by atoms with Gasteiger partial charge in [-0.25, -0.2) is 13.2 Å². The van der Waals surface area contributed by atoms with Crippen LogP contribution in [-0.2, 0) is 22.1 Å². The Morgan fingerprint density at radius 3 is 2.53 bits per heavy atom. The molecule has 1 amide bonds. The van der Waals surface area contributed by atoms with Crippen LogP contribution in [-0.4, -0.2) is 41.5 Å². The van der Waals surface area contributed by atoms with Gasteiger partial charge in [0.2, 0.25) is 5.91 Å². The second-order valence-electron chi connectivity index (χ2n) is 7.29. The van der Waals surface area contributed by atoms with E-state index in [2.05, 4.69) is 15.1 Å². The van der Waals surface area contributed by atoms with Gasteiger partial charge in [0, 0.05) is 53.4 Å². The molecule has 3 aromatic rings. The van der Waals surface area contributed by atoms with Crippen LogP contribution in [0.25, 0.3) is 10.4 Å². The first kappa shape index (κ1) is 22.5. The first-order valence-corrected chi connectivity index (χ1v) is 11.6. The number of thiophene rings is 1. The summed E-state index contributed by atoms with van der Waals surface area (Å²) in [5.74, 6) is -5.39. The molecule has 1 aromatic carbocycles. The zero-order chi connectivity index (χ0) is 23.2. The minimum absolute atomic E-state index is 0.0702. The molecular formula is C19H18F3N5O3S2. The Balaban J connectivity index is 1.58. The van der Waals surface area contributed by atoms with Gasteiger partial charge in [0.1, 0.15) is 6.04 Å². The number of hydrogen-bond acceptors (Lipinski definition) is 5. The van der Waals surface area contributed by atoms with Gasteiger partial charge in [-0.3, -0.25) is 9.48 Å². The summed E-state index contributed by atoms with van der Waals surface area (Å²) in [5.41, 5.74) is 0.552. The molecular weight excluding hydrogens is 467 g/mol. The second kappa shape index (κ2) is 8.31. The lowest BCUT2D eigenvalue weighted by atomic mass is 10.1. The maximum absolute atomic E-state index is 13.5. The molecule has 2 atom stereocenters. The topological polar surface area (TPSA) is 96.3 Å². The zero-order valence-electron chi connectivity index (χ0n) is 16.8. The molecule has 13 heteroatoms. The van der Waals surface area contributed by atoms with Gasteiger partial charge in [0.05, 0.1) is 12.2 Å². The largest absolute Gasteiger partial charge is 0.324 e. The lowest BCUT2D eigenvalue weighted by Crippen LogP contribution is -2.55. The lowest BCUT2D eigenvalue weighted by molar-refractivity contribution is -0.120. The van der Waals surface area contributed by atoms with Crippen LogP contribution in [0.2, 0.25) is 0 Å². The number of nitrogens with zero attached hydrogens (tertiary/aromatic N) is 3. The standard InChI is InChI=1S/C19H18F3N5O3S2/c1-26-9-10(8-23-26)16-3-4-17(31-16)14-7-15(27(2)32(29,30)25-14)19(28)24-11-5-12(20)18(22)13(21)6-11/h3-6,8-9,14-15,25H,7H2,1-2H3,(H,24,28)/t14-,15+/m0/s1. The molecule has 4 rings (SSSR count). The van der Waals surface area contributed by atoms with Crippen LogP contribution in [0.3, 0.4) is 0 Å². The molecule has 1 aliphatic heterocycles. The van der Waals surface area contributed by atoms with Gasteiger partial charge in [0.15, 0.2) is 17.5 Å². The summed E-state index contributed by atoms with van der Waals surface area (Å²) < 4.78 is 70.4. The van der Waals surface area contributed by atoms with Crippen molar-refractivity contribution in [2.75, 3.05) is 12.4 Å². The van der Waals surface area contributed by atoms with Crippen LogP contribution >= 0.6 is 11.3 Å². The maximum Gasteiger partial charge on any atom is 0.280 e. The van der Waals surface area contributed by atoms with Gasteiger partial charge >= 0.3 is 0 Å². The Morgan fingerprint density at radius 1 is 1.22 bits per heavy atom. The van der Waals surface area contributed by atoms with Gasteiger partial charge in [-0.1, -0.05) is 0 Å². The van der Waals surface area contributed by atoms with E-state index in [1.807, 2.05) is 12.3 Å². The van der Waals surface area contributed by atoms with Crippen molar-refractivity contribution < 1.29 is 26.4 Å². The molecule has 170 valence electrons. The number of aryl methyl sites for hydroxylation is 1. The quantitative estimate of drug-likeness (QED) is 0.556. The van der Waals surface area contributed by atoms with E-state index in [9.17, 15) is 26.4 Å². The normalized spacial score (nSPS) is 20.9. The SMILES string of the molecule is CN1[C@@H](C(=O)Nc2cc(F)c(F)c(F)c2)C[C@@H](c2ccc(-c3cnn(C)c3)s2)NS1(=O)=O. The predicted octanol–water partition coefficient (Wildman–Crippen LogP) is 2.78. The number of anilines is 1. The molecule has 32 heavy (non-hydrogen) atoms. The number of benzene rings is 1. The molecule has 2 N–H and O–H groups in total. The molecule has 8 nitrogen and oxygen atoms in total. The van der Waals surface area contributed by atoms with Crippen LogP contribution in [0.4, 0.5) is 18.9 Å². The Hall–Kier alpha value is -2.74. The lowest BCUT2D eigenvalue weighted by Gasteiger charge is -2.35. The molecule has 1 saturated heterocycles. The van der Waals surface area contributed by atoms with Crippen molar-refractivity contribution in [2.24, 2.45) is 7.05 Å². The molecule has 0 aliphatic carbocycles. The highest BCUT2D eigenvalue weighted by Gasteiger charge is 2.41. The number of nitrogens with one attached hydrogen (secondary N) is 2. The maximum atomic E-state index is 13.5. The number of amides is 1. The number of carbonyl (C=O) groups is 1. The Morgan fingerprint density at radius 2 is 1.91 bits per heavy atom. The number of carbonyl (C=O) groups excluding carboxylic acids is 1. The van der Waals surface area contributed by atoms with Crippen molar-refractivity contribution in [3.63, 3.8) is 0 Å². The molecule has 1 fully saturated rings. The summed E-state index contributed by atoms with van der Waals surface area (Å²) in [5, 5.41) is 6.38. The number of hydrogen-bond donors (Lipinski definition) is 2. The van der Waals surface area contributed by atoms with Crippen molar-refractivity contribution in [1.29, 1.82) is 0 Å². The Labute approximate surface area is 185 Å². The first-order chi connectivity index (χ1) is 15.0. The fraction of sp³-hybridized carbons (Fsp3) is 0.263. The minimum Gasteiger partial charge on any atom is -0.324 e.